The van der Waals surface area contributed by atoms with E-state index in [0.29, 0.717) is 15.6 Å². The fourth-order valence-electron chi connectivity index (χ4n) is 2.95. The van der Waals surface area contributed by atoms with E-state index in [1.165, 1.54) is 22.7 Å². The average Bonchev–Trinajstić information content (AvgIpc) is 3.46. The second kappa shape index (κ2) is 7.95. The third kappa shape index (κ3) is 3.79. The van der Waals surface area contributed by atoms with Gasteiger partial charge in [-0.1, -0.05) is 17.8 Å². The van der Waals surface area contributed by atoms with Crippen LogP contribution in [0.25, 0.3) is 15.2 Å². The summed E-state index contributed by atoms with van der Waals surface area (Å²) in [6.07, 6.45) is 0. The summed E-state index contributed by atoms with van der Waals surface area (Å²) >= 11 is 6.00. The fourth-order valence-corrected chi connectivity index (χ4v) is 6.46. The lowest BCUT2D eigenvalue weighted by Crippen LogP contribution is -2.14. The van der Waals surface area contributed by atoms with Crippen LogP contribution in [-0.2, 0) is 5.75 Å². The van der Waals surface area contributed by atoms with Crippen LogP contribution in [0.15, 0.2) is 56.3 Å². The van der Waals surface area contributed by atoms with Crippen LogP contribution in [0.5, 0.6) is 0 Å². The van der Waals surface area contributed by atoms with Crippen molar-refractivity contribution in [2.24, 2.45) is 0 Å². The average molecular weight is 471 g/mol. The van der Waals surface area contributed by atoms with E-state index >= 15 is 0 Å². The summed E-state index contributed by atoms with van der Waals surface area (Å²) in [7, 11) is 0. The van der Waals surface area contributed by atoms with Crippen LogP contribution in [0, 0.1) is 6.92 Å². The monoisotopic (exact) mass is 470 g/mol. The first kappa shape index (κ1) is 19.4. The van der Waals surface area contributed by atoms with Crippen LogP contribution in [0.4, 0.5) is 5.69 Å². The molecule has 0 spiro atoms. The van der Waals surface area contributed by atoms with Gasteiger partial charge in [0.25, 0.3) is 11.5 Å². The summed E-state index contributed by atoms with van der Waals surface area (Å²) in [5, 5.41) is 6.74. The maximum atomic E-state index is 12.3. The Hall–Kier alpha value is -2.53. The lowest BCUT2D eigenvalue weighted by molar-refractivity contribution is 0.103. The molecule has 30 heavy (non-hydrogen) atoms. The SMILES string of the molecule is Cc1csc2nc(CSc3nc4ccc(NC(=O)c5cccs5)cc4s3)cc(=O)n12. The lowest BCUT2D eigenvalue weighted by atomic mass is 10.3. The topological polar surface area (TPSA) is 76.4 Å². The maximum absolute atomic E-state index is 12.3. The molecule has 10 heteroatoms. The second-order valence-electron chi connectivity index (χ2n) is 6.46. The highest BCUT2D eigenvalue weighted by Gasteiger charge is 2.11. The van der Waals surface area contributed by atoms with Crippen molar-refractivity contribution in [3.8, 4) is 0 Å². The van der Waals surface area contributed by atoms with Gasteiger partial charge in [0.1, 0.15) is 0 Å². The number of hydrogen-bond acceptors (Lipinski definition) is 8. The van der Waals surface area contributed by atoms with E-state index in [4.69, 9.17) is 0 Å². The first-order chi connectivity index (χ1) is 14.6. The molecule has 0 atom stereocenters. The number of rotatable bonds is 5. The molecule has 5 aromatic rings. The predicted molar refractivity (Wildman–Crippen MR) is 126 cm³/mol. The Morgan fingerprint density at radius 2 is 2.10 bits per heavy atom. The number of amides is 1. The van der Waals surface area contributed by atoms with Crippen LogP contribution < -0.4 is 10.9 Å². The molecule has 0 saturated heterocycles. The molecule has 0 unspecified atom stereocenters. The quantitative estimate of drug-likeness (QED) is 0.354. The van der Waals surface area contributed by atoms with Crippen LogP contribution in [-0.4, -0.2) is 20.3 Å². The van der Waals surface area contributed by atoms with E-state index in [0.717, 1.165) is 31.6 Å². The molecule has 0 aliphatic heterocycles. The molecule has 0 aliphatic rings. The van der Waals surface area contributed by atoms with Gasteiger partial charge in [-0.25, -0.2) is 9.97 Å². The van der Waals surface area contributed by atoms with Gasteiger partial charge in [0.2, 0.25) is 0 Å². The molecular formula is C20H14N4O2S4. The minimum absolute atomic E-state index is 0.0511. The summed E-state index contributed by atoms with van der Waals surface area (Å²) in [5.74, 6) is 0.463. The first-order valence-electron chi connectivity index (χ1n) is 8.92. The first-order valence-corrected chi connectivity index (χ1v) is 12.5. The number of nitrogens with zero attached hydrogens (tertiary/aromatic N) is 3. The highest BCUT2D eigenvalue weighted by atomic mass is 32.2. The smallest absolute Gasteiger partial charge is 0.265 e. The Morgan fingerprint density at radius 1 is 1.20 bits per heavy atom. The normalized spacial score (nSPS) is 11.4. The van der Waals surface area contributed by atoms with Gasteiger partial charge < -0.3 is 5.32 Å². The predicted octanol–water partition coefficient (Wildman–Crippen LogP) is 5.28. The van der Waals surface area contributed by atoms with Gasteiger partial charge in [-0.15, -0.1) is 34.0 Å². The Kier molecular flexibility index (Phi) is 5.15. The third-order valence-electron chi connectivity index (χ3n) is 4.34. The number of thiazole rings is 2. The second-order valence-corrected chi connectivity index (χ2v) is 10.5. The van der Waals surface area contributed by atoms with Gasteiger partial charge in [-0.2, -0.15) is 0 Å². The van der Waals surface area contributed by atoms with Crippen molar-refractivity contribution >= 4 is 72.5 Å². The Labute approximate surface area is 187 Å². The summed E-state index contributed by atoms with van der Waals surface area (Å²) in [6.45, 7) is 1.90. The number of aromatic nitrogens is 3. The number of carbonyl (C=O) groups is 1. The molecule has 4 aromatic heterocycles. The molecule has 0 aliphatic carbocycles. The van der Waals surface area contributed by atoms with Gasteiger partial charge >= 0.3 is 0 Å². The van der Waals surface area contributed by atoms with Gasteiger partial charge in [-0.3, -0.25) is 14.0 Å². The minimum atomic E-state index is -0.111. The van der Waals surface area contributed by atoms with Gasteiger partial charge in [0, 0.05) is 28.6 Å². The molecule has 150 valence electrons. The van der Waals surface area contributed by atoms with Crippen LogP contribution in [0.3, 0.4) is 0 Å². The van der Waals surface area contributed by atoms with Crippen molar-refractivity contribution in [2.75, 3.05) is 5.32 Å². The van der Waals surface area contributed by atoms with E-state index in [-0.39, 0.29) is 11.5 Å². The Balaban J connectivity index is 1.33. The summed E-state index contributed by atoms with van der Waals surface area (Å²) in [5.41, 5.74) is 3.22. The molecule has 5 rings (SSSR count). The maximum Gasteiger partial charge on any atom is 0.265 e. The molecule has 1 N–H and O–H groups in total. The van der Waals surface area contributed by atoms with Crippen LogP contribution in [0.1, 0.15) is 21.1 Å². The number of benzene rings is 1. The van der Waals surface area contributed by atoms with Crippen molar-refractivity contribution in [3.63, 3.8) is 0 Å². The zero-order valence-electron chi connectivity index (χ0n) is 15.6. The van der Waals surface area contributed by atoms with Crippen molar-refractivity contribution in [1.29, 1.82) is 0 Å². The van der Waals surface area contributed by atoms with Crippen molar-refractivity contribution in [2.45, 2.75) is 17.0 Å². The molecule has 6 nitrogen and oxygen atoms in total. The minimum Gasteiger partial charge on any atom is -0.321 e. The van der Waals surface area contributed by atoms with Crippen LogP contribution >= 0.6 is 45.8 Å². The number of aryl methyl sites for hydroxylation is 1. The highest BCUT2D eigenvalue weighted by molar-refractivity contribution is 8.00. The highest BCUT2D eigenvalue weighted by Crippen LogP contribution is 2.33. The van der Waals surface area contributed by atoms with E-state index in [9.17, 15) is 9.59 Å². The zero-order chi connectivity index (χ0) is 20.7. The summed E-state index contributed by atoms with van der Waals surface area (Å²) < 4.78 is 3.53. The largest absolute Gasteiger partial charge is 0.321 e. The van der Waals surface area contributed by atoms with Gasteiger partial charge in [0.05, 0.1) is 20.8 Å². The number of thioether (sulfide) groups is 1. The summed E-state index contributed by atoms with van der Waals surface area (Å²) in [4.78, 5) is 35.2. The number of anilines is 1. The van der Waals surface area contributed by atoms with Gasteiger partial charge in [-0.05, 0) is 36.6 Å². The molecule has 0 bridgehead atoms. The number of thiophene rings is 1. The van der Waals surface area contributed by atoms with Crippen molar-refractivity contribution in [1.82, 2.24) is 14.4 Å². The van der Waals surface area contributed by atoms with Gasteiger partial charge in [0.15, 0.2) is 9.30 Å². The van der Waals surface area contributed by atoms with Crippen LogP contribution in [0.2, 0.25) is 0 Å². The van der Waals surface area contributed by atoms with Crippen molar-refractivity contribution < 1.29 is 4.79 Å². The lowest BCUT2D eigenvalue weighted by Gasteiger charge is -2.02. The van der Waals surface area contributed by atoms with E-state index in [1.807, 2.05) is 41.9 Å². The molecule has 0 fully saturated rings. The molecular weight excluding hydrogens is 457 g/mol. The number of nitrogens with one attached hydrogen (secondary N) is 1. The third-order valence-corrected chi connectivity index (χ3v) is 8.35. The number of hydrogen-bond donors (Lipinski definition) is 1. The number of fused-ring (bicyclic) bond motifs is 2. The standard InChI is InChI=1S/C20H14N4O2S4/c1-11-9-28-19-22-13(8-17(25)24(11)19)10-29-20-23-14-5-4-12(7-16(14)30-20)21-18(26)15-3-2-6-27-15/h2-9H,10H2,1H3,(H,21,26). The molecule has 1 aromatic carbocycles. The van der Waals surface area contributed by atoms with E-state index in [1.54, 1.807) is 39.6 Å². The van der Waals surface area contributed by atoms with Crippen molar-refractivity contribution in [3.05, 3.63) is 73.8 Å². The molecule has 0 radical (unpaired) electrons. The Morgan fingerprint density at radius 3 is 2.93 bits per heavy atom. The Bertz CT molecular complexity index is 1430. The summed E-state index contributed by atoms with van der Waals surface area (Å²) in [6, 6.07) is 11.0. The van der Waals surface area contributed by atoms with E-state index in [2.05, 4.69) is 15.3 Å². The van der Waals surface area contributed by atoms with E-state index < -0.39 is 0 Å². The molecule has 4 heterocycles. The fraction of sp³-hybridized carbons (Fsp3) is 0.100. The number of carbonyl (C=O) groups excluding carboxylic acids is 1. The molecule has 0 saturated carbocycles. The molecule has 1 amide bonds. The zero-order valence-corrected chi connectivity index (χ0v) is 18.9.